The molecular formula is C15H11F4NO2. The summed E-state index contributed by atoms with van der Waals surface area (Å²) >= 11 is 0. The van der Waals surface area contributed by atoms with Gasteiger partial charge in [0, 0.05) is 5.69 Å². The smallest absolute Gasteiger partial charge is 0.417 e. The van der Waals surface area contributed by atoms with Crippen LogP contribution in [0.25, 0.3) is 11.1 Å². The summed E-state index contributed by atoms with van der Waals surface area (Å²) in [6.07, 6.45) is -4.77. The first kappa shape index (κ1) is 15.8. The molecule has 3 nitrogen and oxygen atoms in total. The van der Waals surface area contributed by atoms with Gasteiger partial charge >= 0.3 is 12.1 Å². The van der Waals surface area contributed by atoms with Gasteiger partial charge < -0.3 is 10.8 Å². The molecule has 0 atom stereocenters. The lowest BCUT2D eigenvalue weighted by molar-refractivity contribution is -0.137. The summed E-state index contributed by atoms with van der Waals surface area (Å²) in [5.41, 5.74) is 3.49. The van der Waals surface area contributed by atoms with Crippen LogP contribution in [0, 0.1) is 12.7 Å². The number of benzene rings is 2. The molecule has 0 saturated heterocycles. The molecule has 2 aromatic carbocycles. The van der Waals surface area contributed by atoms with E-state index in [0.29, 0.717) is 6.07 Å². The highest BCUT2D eigenvalue weighted by Crippen LogP contribution is 2.42. The third kappa shape index (κ3) is 2.74. The van der Waals surface area contributed by atoms with Crippen molar-refractivity contribution in [2.24, 2.45) is 0 Å². The van der Waals surface area contributed by atoms with E-state index in [1.54, 1.807) is 0 Å². The fourth-order valence-electron chi connectivity index (χ4n) is 2.22. The normalized spacial score (nSPS) is 11.5. The largest absolute Gasteiger partial charge is 0.478 e. The molecule has 0 radical (unpaired) electrons. The predicted octanol–water partition coefficient (Wildman–Crippen LogP) is 4.10. The number of halogens is 4. The average Bonchev–Trinajstić information content (AvgIpc) is 2.41. The average molecular weight is 313 g/mol. The first-order valence-electron chi connectivity index (χ1n) is 6.12. The number of rotatable bonds is 2. The quantitative estimate of drug-likeness (QED) is 0.648. The minimum atomic E-state index is -4.77. The van der Waals surface area contributed by atoms with Crippen LogP contribution in [0.15, 0.2) is 30.3 Å². The lowest BCUT2D eigenvalue weighted by Gasteiger charge is -2.19. The first-order valence-corrected chi connectivity index (χ1v) is 6.12. The molecule has 0 aliphatic rings. The first-order chi connectivity index (χ1) is 10.1. The van der Waals surface area contributed by atoms with Gasteiger partial charge in [0.2, 0.25) is 0 Å². The summed E-state index contributed by atoms with van der Waals surface area (Å²) in [7, 11) is 0. The number of carbonyl (C=O) groups is 1. The van der Waals surface area contributed by atoms with Crippen LogP contribution in [0.4, 0.5) is 23.2 Å². The SMILES string of the molecule is Cc1c(N)c(C(=O)O)cc(C(F)(F)F)c1-c1ccc(F)cc1. The Kier molecular flexibility index (Phi) is 3.83. The molecule has 0 amide bonds. The van der Waals surface area contributed by atoms with Gasteiger partial charge in [0.25, 0.3) is 0 Å². The van der Waals surface area contributed by atoms with E-state index >= 15 is 0 Å². The Hall–Kier alpha value is -2.57. The number of anilines is 1. The number of hydrogen-bond donors (Lipinski definition) is 2. The van der Waals surface area contributed by atoms with Crippen molar-refractivity contribution >= 4 is 11.7 Å². The highest BCUT2D eigenvalue weighted by molar-refractivity contribution is 5.97. The molecule has 0 aliphatic heterocycles. The molecule has 0 unspecified atom stereocenters. The van der Waals surface area contributed by atoms with Crippen molar-refractivity contribution in [3.63, 3.8) is 0 Å². The molecule has 7 heteroatoms. The van der Waals surface area contributed by atoms with Gasteiger partial charge in [0.15, 0.2) is 0 Å². The monoisotopic (exact) mass is 313 g/mol. The van der Waals surface area contributed by atoms with E-state index in [-0.39, 0.29) is 22.4 Å². The van der Waals surface area contributed by atoms with Crippen molar-refractivity contribution in [1.29, 1.82) is 0 Å². The molecule has 0 aliphatic carbocycles. The Balaban J connectivity index is 2.85. The van der Waals surface area contributed by atoms with Crippen molar-refractivity contribution in [2.45, 2.75) is 13.1 Å². The Labute approximate surface area is 123 Å². The Morgan fingerprint density at radius 3 is 2.18 bits per heavy atom. The molecule has 0 bridgehead atoms. The van der Waals surface area contributed by atoms with E-state index in [9.17, 15) is 22.4 Å². The molecule has 0 aromatic heterocycles. The van der Waals surface area contributed by atoms with E-state index in [1.807, 2.05) is 0 Å². The zero-order valence-electron chi connectivity index (χ0n) is 11.3. The van der Waals surface area contributed by atoms with Gasteiger partial charge in [-0.3, -0.25) is 0 Å². The second-order valence-corrected chi connectivity index (χ2v) is 4.70. The van der Waals surface area contributed by atoms with E-state index in [2.05, 4.69) is 0 Å². The third-order valence-electron chi connectivity index (χ3n) is 3.30. The van der Waals surface area contributed by atoms with Gasteiger partial charge in [-0.15, -0.1) is 0 Å². The van der Waals surface area contributed by atoms with Crippen molar-refractivity contribution in [3.8, 4) is 11.1 Å². The number of alkyl halides is 3. The second-order valence-electron chi connectivity index (χ2n) is 4.70. The Morgan fingerprint density at radius 2 is 1.73 bits per heavy atom. The van der Waals surface area contributed by atoms with Gasteiger partial charge in [-0.1, -0.05) is 12.1 Å². The number of hydrogen-bond acceptors (Lipinski definition) is 2. The number of carboxylic acid groups (broad SMARTS) is 1. The van der Waals surface area contributed by atoms with Crippen LogP contribution in [0.2, 0.25) is 0 Å². The summed E-state index contributed by atoms with van der Waals surface area (Å²) in [5, 5.41) is 8.98. The number of nitrogens with two attached hydrogens (primary N) is 1. The lowest BCUT2D eigenvalue weighted by atomic mass is 9.91. The second kappa shape index (κ2) is 5.32. The molecule has 0 saturated carbocycles. The fourth-order valence-corrected chi connectivity index (χ4v) is 2.22. The number of nitrogen functional groups attached to an aromatic ring is 1. The van der Waals surface area contributed by atoms with Crippen LogP contribution in [0.5, 0.6) is 0 Å². The topological polar surface area (TPSA) is 63.3 Å². The molecule has 0 spiro atoms. The number of aromatic carboxylic acids is 1. The van der Waals surface area contributed by atoms with E-state index in [1.165, 1.54) is 19.1 Å². The summed E-state index contributed by atoms with van der Waals surface area (Å²) < 4.78 is 52.7. The van der Waals surface area contributed by atoms with Gasteiger partial charge in [0.1, 0.15) is 5.82 Å². The van der Waals surface area contributed by atoms with E-state index < -0.39 is 29.1 Å². The molecular weight excluding hydrogens is 302 g/mol. The van der Waals surface area contributed by atoms with Crippen LogP contribution in [-0.2, 0) is 6.18 Å². The van der Waals surface area contributed by atoms with Crippen LogP contribution in [-0.4, -0.2) is 11.1 Å². The minimum Gasteiger partial charge on any atom is -0.478 e. The fraction of sp³-hybridized carbons (Fsp3) is 0.133. The predicted molar refractivity (Wildman–Crippen MR) is 72.9 cm³/mol. The van der Waals surface area contributed by atoms with Gasteiger partial charge in [-0.2, -0.15) is 13.2 Å². The molecule has 116 valence electrons. The van der Waals surface area contributed by atoms with Crippen LogP contribution >= 0.6 is 0 Å². The minimum absolute atomic E-state index is 0.0150. The molecule has 2 aromatic rings. The molecule has 0 heterocycles. The molecule has 2 rings (SSSR count). The highest BCUT2D eigenvalue weighted by Gasteiger charge is 2.36. The van der Waals surface area contributed by atoms with Crippen molar-refractivity contribution in [3.05, 3.63) is 52.8 Å². The third-order valence-corrected chi connectivity index (χ3v) is 3.30. The molecule has 3 N–H and O–H groups in total. The summed E-state index contributed by atoms with van der Waals surface area (Å²) in [6.45, 7) is 1.30. The molecule has 22 heavy (non-hydrogen) atoms. The van der Waals surface area contributed by atoms with Crippen LogP contribution in [0.1, 0.15) is 21.5 Å². The standard InChI is InChI=1S/C15H11F4NO2/c1-7-12(8-2-4-9(16)5-3-8)11(15(17,18)19)6-10(13(7)20)14(21)22/h2-6H,20H2,1H3,(H,21,22). The Bertz CT molecular complexity index is 737. The van der Waals surface area contributed by atoms with E-state index in [4.69, 9.17) is 10.8 Å². The Morgan fingerprint density at radius 1 is 1.18 bits per heavy atom. The summed E-state index contributed by atoms with van der Waals surface area (Å²) in [5.74, 6) is -2.14. The summed E-state index contributed by atoms with van der Waals surface area (Å²) in [4.78, 5) is 11.0. The van der Waals surface area contributed by atoms with Crippen LogP contribution in [0.3, 0.4) is 0 Å². The zero-order chi connectivity index (χ0) is 16.7. The maximum absolute atomic E-state index is 13.3. The maximum atomic E-state index is 13.3. The van der Waals surface area contributed by atoms with Gasteiger partial charge in [-0.25, -0.2) is 9.18 Å². The van der Waals surface area contributed by atoms with Gasteiger partial charge in [-0.05, 0) is 41.8 Å². The maximum Gasteiger partial charge on any atom is 0.417 e. The zero-order valence-corrected chi connectivity index (χ0v) is 11.3. The van der Waals surface area contributed by atoms with Crippen molar-refractivity contribution in [1.82, 2.24) is 0 Å². The summed E-state index contributed by atoms with van der Waals surface area (Å²) in [6, 6.07) is 4.93. The lowest BCUT2D eigenvalue weighted by Crippen LogP contribution is -2.14. The van der Waals surface area contributed by atoms with Gasteiger partial charge in [0.05, 0.1) is 11.1 Å². The molecule has 0 fully saturated rings. The van der Waals surface area contributed by atoms with Crippen molar-refractivity contribution < 1.29 is 27.5 Å². The highest BCUT2D eigenvalue weighted by atomic mass is 19.4. The van der Waals surface area contributed by atoms with E-state index in [0.717, 1.165) is 12.1 Å². The number of carboxylic acids is 1. The van der Waals surface area contributed by atoms with Crippen LogP contribution < -0.4 is 5.73 Å². The van der Waals surface area contributed by atoms with Crippen molar-refractivity contribution in [2.75, 3.05) is 5.73 Å².